The van der Waals surface area contributed by atoms with Crippen molar-refractivity contribution in [3.05, 3.63) is 23.3 Å². The van der Waals surface area contributed by atoms with Crippen molar-refractivity contribution in [2.75, 3.05) is 33.3 Å². The van der Waals surface area contributed by atoms with Gasteiger partial charge in [0.2, 0.25) is 0 Å². The maximum Gasteiger partial charge on any atom is 0.163 e. The minimum Gasteiger partial charge on any atom is -0.504 e. The van der Waals surface area contributed by atoms with E-state index in [9.17, 15) is 10.4 Å². The number of nitrogens with zero attached hydrogens (tertiary/aromatic N) is 2. The van der Waals surface area contributed by atoms with Crippen molar-refractivity contribution in [2.45, 2.75) is 13.0 Å². The molecule has 1 atom stereocenters. The number of rotatable bonds is 3. The zero-order chi connectivity index (χ0) is 13.8. The number of piperazine rings is 1. The Kier molecular flexibility index (Phi) is 8.45. The minimum atomic E-state index is -0.00755. The summed E-state index contributed by atoms with van der Waals surface area (Å²) in [5.41, 5.74) is 1.16. The number of hydrogen-bond acceptors (Lipinski definition) is 5. The number of methoxy groups -OCH3 is 1. The van der Waals surface area contributed by atoms with Crippen molar-refractivity contribution in [3.8, 4) is 17.6 Å². The summed E-state index contributed by atoms with van der Waals surface area (Å²) in [4.78, 5) is 2.26. The first-order valence-electron chi connectivity index (χ1n) is 6.43. The summed E-state index contributed by atoms with van der Waals surface area (Å²) in [6.45, 7) is 5.68. The summed E-state index contributed by atoms with van der Waals surface area (Å²) in [6, 6.07) is 5.47. The monoisotopic (exact) mass is 333 g/mol. The highest BCUT2D eigenvalue weighted by atomic mass is 35.5. The SMILES string of the molecule is COc1ccc(C#N)c([C@@H](C)N2CCNCC2)c1O.Cl.Cl. The van der Waals surface area contributed by atoms with Gasteiger partial charge in [0.25, 0.3) is 0 Å². The van der Waals surface area contributed by atoms with Crippen LogP contribution in [-0.2, 0) is 0 Å². The number of aromatic hydroxyl groups is 1. The zero-order valence-electron chi connectivity index (χ0n) is 12.1. The predicted molar refractivity (Wildman–Crippen MR) is 86.7 cm³/mol. The van der Waals surface area contributed by atoms with Crippen LogP contribution in [0.25, 0.3) is 0 Å². The first-order valence-corrected chi connectivity index (χ1v) is 6.43. The van der Waals surface area contributed by atoms with Gasteiger partial charge in [-0.25, -0.2) is 0 Å². The van der Waals surface area contributed by atoms with Gasteiger partial charge >= 0.3 is 0 Å². The van der Waals surface area contributed by atoms with Gasteiger partial charge in [-0.1, -0.05) is 0 Å². The van der Waals surface area contributed by atoms with Crippen molar-refractivity contribution in [1.82, 2.24) is 10.2 Å². The van der Waals surface area contributed by atoms with E-state index in [1.807, 2.05) is 6.92 Å². The highest BCUT2D eigenvalue weighted by Crippen LogP contribution is 2.38. The molecule has 1 aliphatic heterocycles. The van der Waals surface area contributed by atoms with E-state index in [1.165, 1.54) is 7.11 Å². The lowest BCUT2D eigenvalue weighted by Gasteiger charge is -2.33. The Labute approximate surface area is 137 Å². The fraction of sp³-hybridized carbons (Fsp3) is 0.500. The Morgan fingerprint density at radius 1 is 1.33 bits per heavy atom. The second-order valence-electron chi connectivity index (χ2n) is 4.65. The topological polar surface area (TPSA) is 68.5 Å². The molecule has 0 unspecified atom stereocenters. The van der Waals surface area contributed by atoms with Crippen LogP contribution in [0.1, 0.15) is 24.1 Å². The van der Waals surface area contributed by atoms with Crippen LogP contribution in [0.15, 0.2) is 12.1 Å². The van der Waals surface area contributed by atoms with Crippen LogP contribution in [0.4, 0.5) is 0 Å². The van der Waals surface area contributed by atoms with E-state index in [2.05, 4.69) is 16.3 Å². The fourth-order valence-electron chi connectivity index (χ4n) is 2.53. The summed E-state index contributed by atoms with van der Waals surface area (Å²) in [5.74, 6) is 0.489. The molecule has 1 saturated heterocycles. The summed E-state index contributed by atoms with van der Waals surface area (Å²) in [5, 5.41) is 22.8. The van der Waals surface area contributed by atoms with E-state index in [0.29, 0.717) is 16.9 Å². The molecule has 0 amide bonds. The van der Waals surface area contributed by atoms with E-state index in [0.717, 1.165) is 26.2 Å². The van der Waals surface area contributed by atoms with Gasteiger partial charge in [-0.05, 0) is 19.1 Å². The van der Waals surface area contributed by atoms with Crippen LogP contribution < -0.4 is 10.1 Å². The summed E-state index contributed by atoms with van der Waals surface area (Å²) in [6.07, 6.45) is 0. The Morgan fingerprint density at radius 2 is 1.95 bits per heavy atom. The largest absolute Gasteiger partial charge is 0.504 e. The molecule has 2 rings (SSSR count). The number of halogens is 2. The molecule has 1 aromatic rings. The van der Waals surface area contributed by atoms with Crippen molar-refractivity contribution in [1.29, 1.82) is 5.26 Å². The average Bonchev–Trinajstić information content (AvgIpc) is 2.47. The second kappa shape index (κ2) is 8.96. The molecule has 0 spiro atoms. The molecule has 0 bridgehead atoms. The van der Waals surface area contributed by atoms with Crippen LogP contribution in [0.3, 0.4) is 0 Å². The number of phenols is 1. The highest BCUT2D eigenvalue weighted by Gasteiger charge is 2.24. The Balaban J connectivity index is 0.00000200. The molecule has 118 valence electrons. The molecule has 0 aromatic heterocycles. The lowest BCUT2D eigenvalue weighted by molar-refractivity contribution is 0.182. The number of nitrogens with one attached hydrogen (secondary N) is 1. The maximum atomic E-state index is 10.3. The van der Waals surface area contributed by atoms with Gasteiger partial charge in [-0.2, -0.15) is 5.26 Å². The molecular weight excluding hydrogens is 313 g/mol. The van der Waals surface area contributed by atoms with Gasteiger partial charge in [0.05, 0.1) is 18.7 Å². The van der Waals surface area contributed by atoms with Crippen LogP contribution in [0, 0.1) is 11.3 Å². The smallest absolute Gasteiger partial charge is 0.163 e. The summed E-state index contributed by atoms with van der Waals surface area (Å²) >= 11 is 0. The molecule has 7 heteroatoms. The van der Waals surface area contributed by atoms with Crippen molar-refractivity contribution >= 4 is 24.8 Å². The first kappa shape index (κ1) is 19.8. The Bertz CT molecular complexity index is 500. The third kappa shape index (κ3) is 4.14. The zero-order valence-corrected chi connectivity index (χ0v) is 13.8. The van der Waals surface area contributed by atoms with Gasteiger partial charge in [0, 0.05) is 37.8 Å². The molecule has 1 aromatic carbocycles. The van der Waals surface area contributed by atoms with Crippen molar-refractivity contribution in [3.63, 3.8) is 0 Å². The van der Waals surface area contributed by atoms with E-state index in [1.54, 1.807) is 12.1 Å². The molecule has 0 aliphatic carbocycles. The third-order valence-electron chi connectivity index (χ3n) is 3.64. The molecule has 0 radical (unpaired) electrons. The third-order valence-corrected chi connectivity index (χ3v) is 3.64. The van der Waals surface area contributed by atoms with Gasteiger partial charge in [0.1, 0.15) is 0 Å². The van der Waals surface area contributed by atoms with Gasteiger partial charge in [0.15, 0.2) is 11.5 Å². The van der Waals surface area contributed by atoms with E-state index >= 15 is 0 Å². The molecule has 1 heterocycles. The van der Waals surface area contributed by atoms with Crippen LogP contribution in [-0.4, -0.2) is 43.3 Å². The molecule has 1 aliphatic rings. The lowest BCUT2D eigenvalue weighted by atomic mass is 9.98. The van der Waals surface area contributed by atoms with Crippen LogP contribution in [0.2, 0.25) is 0 Å². The molecular formula is C14H21Cl2N3O2. The normalized spacial score (nSPS) is 16.0. The Morgan fingerprint density at radius 3 is 2.48 bits per heavy atom. The standard InChI is InChI=1S/C14H19N3O2.2ClH/c1-10(17-7-5-16-6-8-17)13-11(9-15)3-4-12(19-2)14(13)18;;/h3-4,10,16,18H,5-8H2,1-2H3;2*1H/t10-;;/m1../s1. The van der Waals surface area contributed by atoms with Gasteiger partial charge in [-0.3, -0.25) is 4.90 Å². The molecule has 0 saturated carbocycles. The minimum absolute atomic E-state index is 0. The summed E-state index contributed by atoms with van der Waals surface area (Å²) < 4.78 is 5.13. The van der Waals surface area contributed by atoms with E-state index < -0.39 is 0 Å². The average molecular weight is 334 g/mol. The van der Waals surface area contributed by atoms with Gasteiger partial charge < -0.3 is 15.2 Å². The maximum absolute atomic E-state index is 10.3. The molecule has 2 N–H and O–H groups in total. The molecule has 1 fully saturated rings. The number of ether oxygens (including phenoxy) is 1. The predicted octanol–water partition coefficient (Wildman–Crippen LogP) is 2.08. The molecule has 5 nitrogen and oxygen atoms in total. The van der Waals surface area contributed by atoms with Crippen molar-refractivity contribution < 1.29 is 9.84 Å². The Hall–Kier alpha value is -1.19. The number of phenolic OH excluding ortho intramolecular Hbond substituents is 1. The number of benzene rings is 1. The van der Waals surface area contributed by atoms with E-state index in [4.69, 9.17) is 4.74 Å². The van der Waals surface area contributed by atoms with Crippen LogP contribution >= 0.6 is 24.8 Å². The number of nitriles is 1. The fourth-order valence-corrected chi connectivity index (χ4v) is 2.53. The lowest BCUT2D eigenvalue weighted by Crippen LogP contribution is -2.44. The van der Waals surface area contributed by atoms with Gasteiger partial charge in [-0.15, -0.1) is 24.8 Å². The summed E-state index contributed by atoms with van der Waals surface area (Å²) in [7, 11) is 1.51. The quantitative estimate of drug-likeness (QED) is 0.886. The van der Waals surface area contributed by atoms with Crippen molar-refractivity contribution in [2.24, 2.45) is 0 Å². The number of hydrogen-bond donors (Lipinski definition) is 2. The molecule has 21 heavy (non-hydrogen) atoms. The van der Waals surface area contributed by atoms with Crippen LogP contribution in [0.5, 0.6) is 11.5 Å². The first-order chi connectivity index (χ1) is 9.19. The highest BCUT2D eigenvalue weighted by molar-refractivity contribution is 5.85. The van der Waals surface area contributed by atoms with E-state index in [-0.39, 0.29) is 36.6 Å². The second-order valence-corrected chi connectivity index (χ2v) is 4.65.